The first-order valence-electron chi connectivity index (χ1n) is 13.8. The number of carbonyl (C=O) groups is 2. The minimum atomic E-state index is -0.998. The number of hydroxylamine groups is 3. The highest BCUT2D eigenvalue weighted by Crippen LogP contribution is 2.45. The van der Waals surface area contributed by atoms with E-state index >= 15 is 0 Å². The first-order valence-corrected chi connectivity index (χ1v) is 14.6. The van der Waals surface area contributed by atoms with Gasteiger partial charge in [0.05, 0.1) is 44.8 Å². The predicted octanol–water partition coefficient (Wildman–Crippen LogP) is 6.28. The number of carbonyl (C=O) groups excluding carboxylic acids is 2. The second-order valence-corrected chi connectivity index (χ2v) is 11.4. The van der Waals surface area contributed by atoms with Crippen molar-refractivity contribution in [1.29, 1.82) is 0 Å². The van der Waals surface area contributed by atoms with E-state index in [-0.39, 0.29) is 46.7 Å². The molecule has 0 fully saturated rings. The Labute approximate surface area is 266 Å². The Hall–Kier alpha value is -5.06. The molecule has 0 aliphatic carbocycles. The van der Waals surface area contributed by atoms with Gasteiger partial charge in [-0.2, -0.15) is 0 Å². The molecule has 2 amide bonds. The zero-order valence-electron chi connectivity index (χ0n) is 25.3. The molecule has 0 unspecified atom stereocenters. The summed E-state index contributed by atoms with van der Waals surface area (Å²) >= 11 is 0.885. The van der Waals surface area contributed by atoms with Gasteiger partial charge in [-0.1, -0.05) is 13.0 Å². The lowest BCUT2D eigenvalue weighted by Crippen LogP contribution is -2.34. The molecule has 242 valence electrons. The molecule has 2 aromatic carbocycles. The number of benzene rings is 2. The number of hydrogen-bond acceptors (Lipinski definition) is 10. The topological polar surface area (TPSA) is 160 Å². The number of methoxy groups -OCH3 is 1. The molecule has 0 aliphatic rings. The SMILES string of the molecule is CCCOC(=O)N(Cc1c(F)cccc1F)c1sc(-c2ccc([N+](=O)[O-])cc2)c(C[N+](C)(C)[O-])c1C(=O)Nc1ccc(OC)nn1. The Morgan fingerprint density at radius 1 is 1.04 bits per heavy atom. The molecule has 16 heteroatoms. The van der Waals surface area contributed by atoms with Gasteiger partial charge in [0.25, 0.3) is 11.6 Å². The highest BCUT2D eigenvalue weighted by molar-refractivity contribution is 7.20. The van der Waals surface area contributed by atoms with Crippen LogP contribution in [0.25, 0.3) is 10.4 Å². The predicted molar refractivity (Wildman–Crippen MR) is 166 cm³/mol. The number of anilines is 2. The molecule has 13 nitrogen and oxygen atoms in total. The van der Waals surface area contributed by atoms with Gasteiger partial charge in [-0.3, -0.25) is 19.8 Å². The minimum Gasteiger partial charge on any atom is -0.633 e. The number of ether oxygens (including phenoxy) is 2. The number of thiophene rings is 1. The third-order valence-corrected chi connectivity index (χ3v) is 7.76. The van der Waals surface area contributed by atoms with E-state index in [2.05, 4.69) is 15.5 Å². The standard InChI is InChI=1S/C30H30F2N6O7S/c1-5-15-45-30(40)36(16-20-22(31)7-6-8-23(20)32)29-26(28(39)33-24-13-14-25(44-4)35-34-24)21(17-38(2,3)43)27(46-29)18-9-11-19(12-10-18)37(41)42/h6-14H,5,15-17H2,1-4H3,(H,33,34,39). The van der Waals surface area contributed by atoms with Crippen LogP contribution in [0.4, 0.5) is 30.1 Å². The average molecular weight is 657 g/mol. The van der Waals surface area contributed by atoms with Crippen molar-refractivity contribution in [3.05, 3.63) is 98.2 Å². The number of hydrogen-bond donors (Lipinski definition) is 1. The van der Waals surface area contributed by atoms with Crippen LogP contribution in [-0.2, 0) is 17.8 Å². The van der Waals surface area contributed by atoms with Gasteiger partial charge in [0.1, 0.15) is 23.2 Å². The largest absolute Gasteiger partial charge is 0.633 e. The second-order valence-electron chi connectivity index (χ2n) is 10.4. The maximum Gasteiger partial charge on any atom is 0.415 e. The fourth-order valence-corrected chi connectivity index (χ4v) is 5.68. The van der Waals surface area contributed by atoms with Crippen LogP contribution in [0.5, 0.6) is 5.88 Å². The first-order chi connectivity index (χ1) is 21.8. The first kappa shape index (κ1) is 33.8. The van der Waals surface area contributed by atoms with Crippen LogP contribution in [0, 0.1) is 27.0 Å². The van der Waals surface area contributed by atoms with Gasteiger partial charge < -0.3 is 24.6 Å². The summed E-state index contributed by atoms with van der Waals surface area (Å²) in [6.07, 6.45) is -0.565. The van der Waals surface area contributed by atoms with Crippen LogP contribution in [0.2, 0.25) is 0 Å². The summed E-state index contributed by atoms with van der Waals surface area (Å²) in [7, 11) is 4.07. The molecule has 0 radical (unpaired) electrons. The number of nitrogens with zero attached hydrogens (tertiary/aromatic N) is 5. The maximum atomic E-state index is 14.9. The number of quaternary nitrogens is 1. The molecule has 46 heavy (non-hydrogen) atoms. The molecule has 4 rings (SSSR count). The summed E-state index contributed by atoms with van der Waals surface area (Å²) in [5.74, 6) is -2.50. The Balaban J connectivity index is 1.98. The van der Waals surface area contributed by atoms with E-state index in [1.807, 2.05) is 0 Å². The fourth-order valence-electron chi connectivity index (χ4n) is 4.38. The third-order valence-electron chi connectivity index (χ3n) is 6.46. The monoisotopic (exact) mass is 656 g/mol. The van der Waals surface area contributed by atoms with Crippen molar-refractivity contribution in [2.75, 3.05) is 38.0 Å². The third kappa shape index (κ3) is 7.96. The van der Waals surface area contributed by atoms with Crippen molar-refractivity contribution in [2.24, 2.45) is 0 Å². The Morgan fingerprint density at radius 3 is 2.26 bits per heavy atom. The minimum absolute atomic E-state index is 0.00178. The molecule has 0 spiro atoms. The van der Waals surface area contributed by atoms with E-state index in [0.717, 1.165) is 28.4 Å². The zero-order chi connectivity index (χ0) is 33.6. The smallest absolute Gasteiger partial charge is 0.415 e. The van der Waals surface area contributed by atoms with Gasteiger partial charge in [0.15, 0.2) is 5.82 Å². The van der Waals surface area contributed by atoms with Crippen LogP contribution in [-0.4, -0.2) is 59.6 Å². The van der Waals surface area contributed by atoms with E-state index in [9.17, 15) is 33.7 Å². The molecule has 4 aromatic rings. The fraction of sp³-hybridized carbons (Fsp3) is 0.267. The van der Waals surface area contributed by atoms with Crippen molar-refractivity contribution < 1.29 is 37.4 Å². The molecule has 2 aromatic heterocycles. The van der Waals surface area contributed by atoms with Gasteiger partial charge in [0.2, 0.25) is 5.88 Å². The Bertz CT molecular complexity index is 1710. The van der Waals surface area contributed by atoms with E-state index in [0.29, 0.717) is 16.9 Å². The van der Waals surface area contributed by atoms with Crippen molar-refractivity contribution >= 4 is 39.8 Å². The zero-order valence-corrected chi connectivity index (χ0v) is 26.1. The number of aromatic nitrogens is 2. The number of nitro benzene ring substituents is 1. The molecule has 2 heterocycles. The van der Waals surface area contributed by atoms with Gasteiger partial charge in [-0.15, -0.1) is 21.5 Å². The molecular formula is C30H30F2N6O7S. The summed E-state index contributed by atoms with van der Waals surface area (Å²) in [5.41, 5.74) is -0.256. The molecule has 0 saturated heterocycles. The van der Waals surface area contributed by atoms with Crippen molar-refractivity contribution in [3.8, 4) is 16.3 Å². The van der Waals surface area contributed by atoms with Gasteiger partial charge in [-0.05, 0) is 42.3 Å². The van der Waals surface area contributed by atoms with E-state index in [4.69, 9.17) is 9.47 Å². The van der Waals surface area contributed by atoms with Crippen LogP contribution < -0.4 is 15.0 Å². The van der Waals surface area contributed by atoms with Crippen molar-refractivity contribution in [1.82, 2.24) is 10.2 Å². The van der Waals surface area contributed by atoms with E-state index < -0.39 is 45.3 Å². The number of halogens is 2. The van der Waals surface area contributed by atoms with Gasteiger partial charge in [0, 0.05) is 34.2 Å². The summed E-state index contributed by atoms with van der Waals surface area (Å²) in [6.45, 7) is 0.758. The highest BCUT2D eigenvalue weighted by atomic mass is 32.1. The summed E-state index contributed by atoms with van der Waals surface area (Å²) in [5, 5.41) is 34.7. The van der Waals surface area contributed by atoms with Crippen LogP contribution in [0.15, 0.2) is 54.6 Å². The van der Waals surface area contributed by atoms with Crippen LogP contribution in [0.3, 0.4) is 0 Å². The lowest BCUT2D eigenvalue weighted by Gasteiger charge is -2.34. The number of rotatable bonds is 12. The highest BCUT2D eigenvalue weighted by Gasteiger charge is 2.34. The van der Waals surface area contributed by atoms with Crippen molar-refractivity contribution in [2.45, 2.75) is 26.4 Å². The van der Waals surface area contributed by atoms with Crippen LogP contribution in [0.1, 0.15) is 34.8 Å². The van der Waals surface area contributed by atoms with Crippen LogP contribution >= 0.6 is 11.3 Å². The maximum absolute atomic E-state index is 14.9. The van der Waals surface area contributed by atoms with E-state index in [1.54, 1.807) is 6.92 Å². The lowest BCUT2D eigenvalue weighted by molar-refractivity contribution is -0.853. The van der Waals surface area contributed by atoms with Crippen molar-refractivity contribution in [3.63, 3.8) is 0 Å². The number of non-ortho nitro benzene ring substituents is 1. The van der Waals surface area contributed by atoms with E-state index in [1.165, 1.54) is 63.7 Å². The molecule has 0 atom stereocenters. The quantitative estimate of drug-likeness (QED) is 0.105. The average Bonchev–Trinajstić information content (AvgIpc) is 3.37. The van der Waals surface area contributed by atoms with Gasteiger partial charge in [-0.25, -0.2) is 13.6 Å². The molecular weight excluding hydrogens is 626 g/mol. The lowest BCUT2D eigenvalue weighted by atomic mass is 10.0. The summed E-state index contributed by atoms with van der Waals surface area (Å²) in [4.78, 5) is 39.6. The summed E-state index contributed by atoms with van der Waals surface area (Å²) in [6, 6.07) is 11.5. The van der Waals surface area contributed by atoms with Gasteiger partial charge >= 0.3 is 6.09 Å². The number of nitrogens with one attached hydrogen (secondary N) is 1. The Kier molecular flexibility index (Phi) is 10.6. The molecule has 0 bridgehead atoms. The molecule has 0 saturated carbocycles. The second kappa shape index (κ2) is 14.4. The Morgan fingerprint density at radius 2 is 1.72 bits per heavy atom. The molecule has 0 aliphatic heterocycles. The normalized spacial score (nSPS) is 11.2. The number of amides is 2. The molecule has 1 N–H and O–H groups in total. The number of nitro groups is 1. The summed E-state index contributed by atoms with van der Waals surface area (Å²) < 4.78 is 39.3.